The second kappa shape index (κ2) is 7.93. The van der Waals surface area contributed by atoms with Gasteiger partial charge in [-0.2, -0.15) is 0 Å². The quantitative estimate of drug-likeness (QED) is 0.801. The first-order chi connectivity index (χ1) is 11.2. The summed E-state index contributed by atoms with van der Waals surface area (Å²) in [5.74, 6) is 0.869. The zero-order valence-electron chi connectivity index (χ0n) is 14.0. The number of carbonyl (C=O) groups excluding carboxylic acids is 1. The lowest BCUT2D eigenvalue weighted by atomic mass is 10.1. The van der Waals surface area contributed by atoms with Crippen LogP contribution in [0.15, 0.2) is 30.3 Å². The highest BCUT2D eigenvalue weighted by Crippen LogP contribution is 2.35. The van der Waals surface area contributed by atoms with Crippen LogP contribution in [0.2, 0.25) is 0 Å². The Bertz CT molecular complexity index is 495. The second-order valence-corrected chi connectivity index (χ2v) is 6.91. The molecule has 3 rings (SSSR count). The Morgan fingerprint density at radius 3 is 2.74 bits per heavy atom. The number of nitrogens with zero attached hydrogens (tertiary/aromatic N) is 1. The third kappa shape index (κ3) is 5.05. The van der Waals surface area contributed by atoms with Crippen LogP contribution >= 0.6 is 0 Å². The molecule has 2 fully saturated rings. The highest BCUT2D eigenvalue weighted by Gasteiger charge is 2.32. The predicted molar refractivity (Wildman–Crippen MR) is 91.0 cm³/mol. The van der Waals surface area contributed by atoms with Crippen molar-refractivity contribution in [3.05, 3.63) is 35.9 Å². The van der Waals surface area contributed by atoms with Crippen LogP contribution in [-0.4, -0.2) is 42.6 Å². The number of nitrogens with one attached hydrogen (secondary N) is 1. The molecule has 1 heterocycles. The Kier molecular flexibility index (Phi) is 5.68. The third-order valence-corrected chi connectivity index (χ3v) is 5.01. The Morgan fingerprint density at radius 2 is 2.09 bits per heavy atom. The summed E-state index contributed by atoms with van der Waals surface area (Å²) in [6, 6.07) is 10.9. The van der Waals surface area contributed by atoms with E-state index < -0.39 is 0 Å². The van der Waals surface area contributed by atoms with Crippen molar-refractivity contribution in [2.45, 2.75) is 51.3 Å². The van der Waals surface area contributed by atoms with Crippen molar-refractivity contribution in [2.24, 2.45) is 5.92 Å². The summed E-state index contributed by atoms with van der Waals surface area (Å²) in [5.41, 5.74) is 1.27. The van der Waals surface area contributed by atoms with E-state index >= 15 is 0 Å². The fourth-order valence-corrected chi connectivity index (χ4v) is 3.31. The number of hydrogen-bond donors (Lipinski definition) is 1. The average molecular weight is 316 g/mol. The van der Waals surface area contributed by atoms with Crippen LogP contribution in [0.1, 0.15) is 38.2 Å². The van der Waals surface area contributed by atoms with Gasteiger partial charge in [0.15, 0.2) is 0 Å². The monoisotopic (exact) mass is 316 g/mol. The van der Waals surface area contributed by atoms with Gasteiger partial charge in [-0.15, -0.1) is 0 Å². The molecule has 1 amide bonds. The van der Waals surface area contributed by atoms with Gasteiger partial charge in [0, 0.05) is 25.7 Å². The molecule has 1 aliphatic heterocycles. The minimum absolute atomic E-state index is 0.115. The zero-order chi connectivity index (χ0) is 16.1. The summed E-state index contributed by atoms with van der Waals surface area (Å²) in [6.07, 6.45) is 4.97. The van der Waals surface area contributed by atoms with E-state index in [1.54, 1.807) is 0 Å². The molecule has 2 atom stereocenters. The minimum Gasteiger partial charge on any atom is -0.376 e. The van der Waals surface area contributed by atoms with Gasteiger partial charge in [-0.05, 0) is 44.1 Å². The SMILES string of the molecule is CC(C1CC1)N(CC(=O)NCC1CCCO1)Cc1ccccc1. The summed E-state index contributed by atoms with van der Waals surface area (Å²) < 4.78 is 5.57. The molecule has 4 nitrogen and oxygen atoms in total. The normalized spacial score (nSPS) is 22.3. The predicted octanol–water partition coefficient (Wildman–Crippen LogP) is 2.58. The van der Waals surface area contributed by atoms with Crippen LogP contribution in [0.4, 0.5) is 0 Å². The fourth-order valence-electron chi connectivity index (χ4n) is 3.31. The second-order valence-electron chi connectivity index (χ2n) is 6.91. The Morgan fingerprint density at radius 1 is 1.30 bits per heavy atom. The Hall–Kier alpha value is -1.39. The molecule has 1 aliphatic carbocycles. The van der Waals surface area contributed by atoms with E-state index in [2.05, 4.69) is 41.4 Å². The molecule has 23 heavy (non-hydrogen) atoms. The summed E-state index contributed by atoms with van der Waals surface area (Å²) >= 11 is 0. The molecule has 0 radical (unpaired) electrons. The molecule has 1 N–H and O–H groups in total. The average Bonchev–Trinajstić information content (AvgIpc) is 3.29. The van der Waals surface area contributed by atoms with Crippen molar-refractivity contribution in [3.8, 4) is 0 Å². The number of benzene rings is 1. The number of amides is 1. The summed E-state index contributed by atoms with van der Waals surface area (Å²) in [5, 5.41) is 3.05. The van der Waals surface area contributed by atoms with Gasteiger partial charge in [0.2, 0.25) is 5.91 Å². The maximum atomic E-state index is 12.3. The molecule has 1 aromatic carbocycles. The van der Waals surface area contributed by atoms with Crippen LogP contribution < -0.4 is 5.32 Å². The molecule has 0 spiro atoms. The number of rotatable bonds is 8. The lowest BCUT2D eigenvalue weighted by Crippen LogP contribution is -2.43. The molecule has 1 aromatic rings. The smallest absolute Gasteiger partial charge is 0.234 e. The van der Waals surface area contributed by atoms with Crippen LogP contribution in [0.5, 0.6) is 0 Å². The van der Waals surface area contributed by atoms with Gasteiger partial charge < -0.3 is 10.1 Å². The molecule has 126 valence electrons. The van der Waals surface area contributed by atoms with Gasteiger partial charge in [0.25, 0.3) is 0 Å². The number of carbonyl (C=O) groups is 1. The maximum absolute atomic E-state index is 12.3. The molecule has 1 saturated carbocycles. The lowest BCUT2D eigenvalue weighted by molar-refractivity contribution is -0.123. The van der Waals surface area contributed by atoms with Gasteiger partial charge >= 0.3 is 0 Å². The van der Waals surface area contributed by atoms with Gasteiger partial charge in [0.1, 0.15) is 0 Å². The van der Waals surface area contributed by atoms with Gasteiger partial charge in [-0.25, -0.2) is 0 Å². The van der Waals surface area contributed by atoms with Crippen LogP contribution in [0.25, 0.3) is 0 Å². The van der Waals surface area contributed by atoms with E-state index in [9.17, 15) is 4.79 Å². The molecule has 4 heteroatoms. The first-order valence-corrected chi connectivity index (χ1v) is 8.88. The zero-order valence-corrected chi connectivity index (χ0v) is 14.0. The van der Waals surface area contributed by atoms with Crippen molar-refractivity contribution >= 4 is 5.91 Å². The molecule has 2 unspecified atom stereocenters. The molecular weight excluding hydrogens is 288 g/mol. The molecule has 0 aromatic heterocycles. The maximum Gasteiger partial charge on any atom is 0.234 e. The topological polar surface area (TPSA) is 41.6 Å². The number of hydrogen-bond acceptors (Lipinski definition) is 3. The highest BCUT2D eigenvalue weighted by molar-refractivity contribution is 5.78. The largest absolute Gasteiger partial charge is 0.376 e. The van der Waals surface area contributed by atoms with Crippen molar-refractivity contribution in [3.63, 3.8) is 0 Å². The first kappa shape index (κ1) is 16.5. The van der Waals surface area contributed by atoms with Gasteiger partial charge in [0.05, 0.1) is 12.6 Å². The molecule has 1 saturated heterocycles. The van der Waals surface area contributed by atoms with Crippen molar-refractivity contribution in [2.75, 3.05) is 19.7 Å². The Labute approximate surface area is 139 Å². The van der Waals surface area contributed by atoms with Crippen molar-refractivity contribution in [1.29, 1.82) is 0 Å². The van der Waals surface area contributed by atoms with Gasteiger partial charge in [-0.3, -0.25) is 9.69 Å². The van der Waals surface area contributed by atoms with E-state index in [4.69, 9.17) is 4.74 Å². The van der Waals surface area contributed by atoms with Crippen LogP contribution in [0.3, 0.4) is 0 Å². The van der Waals surface area contributed by atoms with Crippen LogP contribution in [0, 0.1) is 5.92 Å². The number of ether oxygens (including phenoxy) is 1. The van der Waals surface area contributed by atoms with Gasteiger partial charge in [-0.1, -0.05) is 30.3 Å². The lowest BCUT2D eigenvalue weighted by Gasteiger charge is -2.29. The third-order valence-electron chi connectivity index (χ3n) is 5.01. The summed E-state index contributed by atoms with van der Waals surface area (Å²) in [4.78, 5) is 14.7. The highest BCUT2D eigenvalue weighted by atomic mass is 16.5. The Balaban J connectivity index is 1.53. The van der Waals surface area contributed by atoms with Crippen molar-refractivity contribution < 1.29 is 9.53 Å². The summed E-state index contributed by atoms with van der Waals surface area (Å²) in [7, 11) is 0. The molecular formula is C19H28N2O2. The van der Waals surface area contributed by atoms with E-state index in [-0.39, 0.29) is 12.0 Å². The van der Waals surface area contributed by atoms with Crippen molar-refractivity contribution in [1.82, 2.24) is 10.2 Å². The first-order valence-electron chi connectivity index (χ1n) is 8.88. The van der Waals surface area contributed by atoms with Crippen LogP contribution in [-0.2, 0) is 16.1 Å². The van der Waals surface area contributed by atoms with E-state index in [1.165, 1.54) is 18.4 Å². The molecule has 2 aliphatic rings. The van der Waals surface area contributed by atoms with E-state index in [0.29, 0.717) is 19.1 Å². The van der Waals surface area contributed by atoms with E-state index in [0.717, 1.165) is 31.9 Å². The molecule has 0 bridgehead atoms. The minimum atomic E-state index is 0.115. The van der Waals surface area contributed by atoms with E-state index in [1.807, 2.05) is 6.07 Å². The summed E-state index contributed by atoms with van der Waals surface area (Å²) in [6.45, 7) is 5.05. The standard InChI is InChI=1S/C19H28N2O2/c1-15(17-9-10-17)21(13-16-6-3-2-4-7-16)14-19(22)20-12-18-8-5-11-23-18/h2-4,6-7,15,17-18H,5,8-14H2,1H3,(H,20,22). The fraction of sp³-hybridized carbons (Fsp3) is 0.632.